The highest BCUT2D eigenvalue weighted by Gasteiger charge is 2.35. The molecular formula is C13H14F3N5. The van der Waals surface area contributed by atoms with Gasteiger partial charge in [-0.3, -0.25) is 4.68 Å². The van der Waals surface area contributed by atoms with Gasteiger partial charge in [0, 0.05) is 24.8 Å². The van der Waals surface area contributed by atoms with Gasteiger partial charge in [0.2, 0.25) is 5.82 Å². The van der Waals surface area contributed by atoms with Crippen molar-refractivity contribution in [3.63, 3.8) is 0 Å². The van der Waals surface area contributed by atoms with Gasteiger partial charge in [0.25, 0.3) is 0 Å². The van der Waals surface area contributed by atoms with Crippen LogP contribution in [0.2, 0.25) is 0 Å². The molecule has 1 atom stereocenters. The van der Waals surface area contributed by atoms with Crippen LogP contribution in [-0.4, -0.2) is 26.3 Å². The summed E-state index contributed by atoms with van der Waals surface area (Å²) in [6, 6.07) is 1.57. The summed E-state index contributed by atoms with van der Waals surface area (Å²) in [5, 5.41) is 7.69. The first-order valence-electron chi connectivity index (χ1n) is 6.57. The third-order valence-corrected chi connectivity index (χ3v) is 3.56. The Kier molecular flexibility index (Phi) is 3.20. The molecular weight excluding hydrogens is 283 g/mol. The van der Waals surface area contributed by atoms with Crippen molar-refractivity contribution in [3.05, 3.63) is 29.3 Å². The first-order valence-corrected chi connectivity index (χ1v) is 6.57. The summed E-state index contributed by atoms with van der Waals surface area (Å²) in [6.07, 6.45) is -2.70. The molecule has 3 heterocycles. The number of hydrogen-bond donors (Lipinski definition) is 1. The van der Waals surface area contributed by atoms with E-state index < -0.39 is 12.0 Å². The van der Waals surface area contributed by atoms with Gasteiger partial charge < -0.3 is 5.32 Å². The van der Waals surface area contributed by atoms with Crippen LogP contribution in [0.4, 0.5) is 13.2 Å². The summed E-state index contributed by atoms with van der Waals surface area (Å²) in [4.78, 5) is 6.96. The molecule has 0 aliphatic carbocycles. The summed E-state index contributed by atoms with van der Waals surface area (Å²) < 4.78 is 39.9. The van der Waals surface area contributed by atoms with Crippen LogP contribution < -0.4 is 5.32 Å². The van der Waals surface area contributed by atoms with Crippen molar-refractivity contribution in [2.24, 2.45) is 7.05 Å². The monoisotopic (exact) mass is 297 g/mol. The number of hydrogen-bond acceptors (Lipinski definition) is 4. The van der Waals surface area contributed by atoms with Crippen LogP contribution in [0.5, 0.6) is 0 Å². The zero-order chi connectivity index (χ0) is 15.2. The molecule has 1 unspecified atom stereocenters. The van der Waals surface area contributed by atoms with Crippen molar-refractivity contribution in [2.45, 2.75) is 25.6 Å². The molecule has 0 aromatic carbocycles. The molecule has 112 valence electrons. The van der Waals surface area contributed by atoms with Gasteiger partial charge in [0.1, 0.15) is 0 Å². The Morgan fingerprint density at radius 3 is 2.86 bits per heavy atom. The maximum Gasteiger partial charge on any atom is 0.451 e. The average molecular weight is 297 g/mol. The van der Waals surface area contributed by atoms with Crippen molar-refractivity contribution in [1.82, 2.24) is 25.1 Å². The Bertz CT molecular complexity index is 677. The molecule has 0 radical (unpaired) electrons. The highest BCUT2D eigenvalue weighted by molar-refractivity contribution is 5.61. The zero-order valence-corrected chi connectivity index (χ0v) is 11.6. The minimum atomic E-state index is -4.55. The number of aryl methyl sites for hydroxylation is 1. The Morgan fingerprint density at radius 2 is 2.14 bits per heavy atom. The fraction of sp³-hybridized carbons (Fsp3) is 0.462. The van der Waals surface area contributed by atoms with Gasteiger partial charge >= 0.3 is 6.18 Å². The summed E-state index contributed by atoms with van der Waals surface area (Å²) in [5.74, 6) is -1.13. The largest absolute Gasteiger partial charge is 0.451 e. The number of alkyl halides is 3. The molecule has 0 fully saturated rings. The van der Waals surface area contributed by atoms with Crippen LogP contribution in [0.3, 0.4) is 0 Å². The van der Waals surface area contributed by atoms with E-state index in [0.29, 0.717) is 12.1 Å². The fourth-order valence-corrected chi connectivity index (χ4v) is 2.64. The van der Waals surface area contributed by atoms with E-state index in [9.17, 15) is 13.2 Å². The molecule has 1 N–H and O–H groups in total. The minimum Gasteiger partial charge on any atom is -0.308 e. The van der Waals surface area contributed by atoms with Crippen molar-refractivity contribution >= 4 is 0 Å². The lowest BCUT2D eigenvalue weighted by Gasteiger charge is -2.19. The Balaban J connectivity index is 2.13. The lowest BCUT2D eigenvalue weighted by molar-refractivity contribution is -0.144. The number of fused-ring (bicyclic) bond motifs is 1. The van der Waals surface area contributed by atoms with E-state index in [4.69, 9.17) is 0 Å². The molecule has 0 saturated carbocycles. The van der Waals surface area contributed by atoms with E-state index >= 15 is 0 Å². The number of aromatic nitrogens is 4. The molecule has 0 amide bonds. The smallest absolute Gasteiger partial charge is 0.308 e. The second kappa shape index (κ2) is 4.80. The first kappa shape index (κ1) is 14.0. The Hall–Kier alpha value is -1.96. The first-order chi connectivity index (χ1) is 9.88. The standard InChI is InChI=1S/C13H14F3N5/c1-7-10-8(3-5-17-7)11(21(2)20-10)9-4-6-18-12(19-9)13(14,15)16/h4,6-7,17H,3,5H2,1-2H3. The second-order valence-electron chi connectivity index (χ2n) is 5.03. The van der Waals surface area contributed by atoms with E-state index in [0.717, 1.165) is 24.0 Å². The topological polar surface area (TPSA) is 55.6 Å². The van der Waals surface area contributed by atoms with Crippen molar-refractivity contribution in [1.29, 1.82) is 0 Å². The molecule has 0 spiro atoms. The summed E-state index contributed by atoms with van der Waals surface area (Å²) in [5.41, 5.74) is 2.70. The van der Waals surface area contributed by atoms with Gasteiger partial charge in [0.05, 0.1) is 17.1 Å². The molecule has 21 heavy (non-hydrogen) atoms. The van der Waals surface area contributed by atoms with Crippen molar-refractivity contribution in [2.75, 3.05) is 6.54 Å². The zero-order valence-electron chi connectivity index (χ0n) is 11.6. The van der Waals surface area contributed by atoms with E-state index in [2.05, 4.69) is 20.4 Å². The van der Waals surface area contributed by atoms with Gasteiger partial charge in [-0.15, -0.1) is 0 Å². The van der Waals surface area contributed by atoms with Crippen LogP contribution >= 0.6 is 0 Å². The molecule has 5 nitrogen and oxygen atoms in total. The maximum absolute atomic E-state index is 12.8. The fourth-order valence-electron chi connectivity index (χ4n) is 2.64. The highest BCUT2D eigenvalue weighted by atomic mass is 19.4. The number of nitrogens with one attached hydrogen (secondary N) is 1. The van der Waals surface area contributed by atoms with Gasteiger partial charge in [-0.25, -0.2) is 9.97 Å². The van der Waals surface area contributed by atoms with Gasteiger partial charge in [-0.2, -0.15) is 18.3 Å². The average Bonchev–Trinajstić information content (AvgIpc) is 2.76. The third-order valence-electron chi connectivity index (χ3n) is 3.56. The lowest BCUT2D eigenvalue weighted by atomic mass is 9.99. The van der Waals surface area contributed by atoms with Crippen LogP contribution in [0, 0.1) is 0 Å². The van der Waals surface area contributed by atoms with Crippen LogP contribution in [0.25, 0.3) is 11.4 Å². The van der Waals surface area contributed by atoms with Crippen molar-refractivity contribution in [3.8, 4) is 11.4 Å². The van der Waals surface area contributed by atoms with Gasteiger partial charge in [0.15, 0.2) is 0 Å². The lowest BCUT2D eigenvalue weighted by Crippen LogP contribution is -2.27. The number of nitrogens with zero attached hydrogens (tertiary/aromatic N) is 4. The van der Waals surface area contributed by atoms with E-state index in [1.807, 2.05) is 6.92 Å². The molecule has 1 aliphatic rings. The molecule has 8 heteroatoms. The Labute approximate surface area is 119 Å². The molecule has 3 rings (SSSR count). The molecule has 0 saturated heterocycles. The van der Waals surface area contributed by atoms with E-state index in [-0.39, 0.29) is 11.7 Å². The van der Waals surface area contributed by atoms with Gasteiger partial charge in [-0.05, 0) is 26.0 Å². The number of rotatable bonds is 1. The van der Waals surface area contributed by atoms with E-state index in [1.165, 1.54) is 6.07 Å². The summed E-state index contributed by atoms with van der Waals surface area (Å²) >= 11 is 0. The van der Waals surface area contributed by atoms with Crippen LogP contribution in [-0.2, 0) is 19.6 Å². The Morgan fingerprint density at radius 1 is 1.38 bits per heavy atom. The normalized spacial score (nSPS) is 18.6. The quantitative estimate of drug-likeness (QED) is 0.876. The van der Waals surface area contributed by atoms with Crippen LogP contribution in [0.15, 0.2) is 12.3 Å². The third kappa shape index (κ3) is 2.39. The molecule has 0 bridgehead atoms. The second-order valence-corrected chi connectivity index (χ2v) is 5.03. The summed E-state index contributed by atoms with van der Waals surface area (Å²) in [7, 11) is 1.72. The van der Waals surface area contributed by atoms with Crippen molar-refractivity contribution < 1.29 is 13.2 Å². The number of halogens is 3. The van der Waals surface area contributed by atoms with E-state index in [1.54, 1.807) is 11.7 Å². The predicted octanol–water partition coefficient (Wildman–Crippen LogP) is 2.10. The highest BCUT2D eigenvalue weighted by Crippen LogP contribution is 2.32. The van der Waals surface area contributed by atoms with Crippen LogP contribution in [0.1, 0.15) is 30.0 Å². The molecule has 2 aromatic rings. The van der Waals surface area contributed by atoms with Gasteiger partial charge in [-0.1, -0.05) is 0 Å². The SMILES string of the molecule is CC1NCCc2c1nn(C)c2-c1ccnc(C(F)(F)F)n1. The maximum atomic E-state index is 12.8. The summed E-state index contributed by atoms with van der Waals surface area (Å²) in [6.45, 7) is 2.75. The minimum absolute atomic E-state index is 0.0811. The molecule has 1 aliphatic heterocycles. The predicted molar refractivity (Wildman–Crippen MR) is 69.4 cm³/mol. The molecule has 2 aromatic heterocycles.